The average Bonchev–Trinajstić information content (AvgIpc) is 3.02. The molecule has 8 heteroatoms. The van der Waals surface area contributed by atoms with Gasteiger partial charge in [-0.25, -0.2) is 0 Å². The van der Waals surface area contributed by atoms with Crippen LogP contribution in [0.3, 0.4) is 0 Å². The fourth-order valence-electron chi connectivity index (χ4n) is 2.64. The highest BCUT2D eigenvalue weighted by Crippen LogP contribution is 2.39. The van der Waals surface area contributed by atoms with Gasteiger partial charge in [0.1, 0.15) is 10.6 Å². The van der Waals surface area contributed by atoms with Crippen LogP contribution in [0.5, 0.6) is 5.75 Å². The lowest BCUT2D eigenvalue weighted by Gasteiger charge is -2.14. The molecule has 0 saturated heterocycles. The largest absolute Gasteiger partial charge is 0.496 e. The highest BCUT2D eigenvalue weighted by Gasteiger charge is 2.35. The molecule has 1 atom stereocenters. The third-order valence-electron chi connectivity index (χ3n) is 3.93. The minimum absolute atomic E-state index is 0.154. The Kier molecular flexibility index (Phi) is 5.03. The molecule has 0 N–H and O–H groups in total. The molecule has 0 aliphatic heterocycles. The molecule has 0 spiro atoms. The first kappa shape index (κ1) is 18.8. The van der Waals surface area contributed by atoms with E-state index in [0.29, 0.717) is 16.0 Å². The molecule has 1 unspecified atom stereocenters. The topological polar surface area (TPSA) is 31.2 Å². The summed E-state index contributed by atoms with van der Waals surface area (Å²) in [5.41, 5.74) is -0.134. The first-order valence-electron chi connectivity index (χ1n) is 7.42. The van der Waals surface area contributed by atoms with Crippen molar-refractivity contribution in [3.8, 4) is 5.75 Å². The van der Waals surface area contributed by atoms with Crippen LogP contribution in [0, 0.1) is 0 Å². The highest BCUT2D eigenvalue weighted by molar-refractivity contribution is 9.09. The molecule has 1 heterocycles. The van der Waals surface area contributed by atoms with E-state index >= 15 is 0 Å². The third-order valence-corrected chi connectivity index (χ3v) is 5.11. The van der Waals surface area contributed by atoms with Crippen LogP contribution in [0.1, 0.15) is 20.7 Å². The zero-order valence-corrected chi connectivity index (χ0v) is 15.7. The van der Waals surface area contributed by atoms with Gasteiger partial charge in [0, 0.05) is 16.6 Å². The third kappa shape index (κ3) is 3.46. The maximum Gasteiger partial charge on any atom is 0.420 e. The maximum absolute atomic E-state index is 13.3. The summed E-state index contributed by atoms with van der Waals surface area (Å²) in [6, 6.07) is 10.4. The standard InChI is InChI=1S/C18H12BrClF3NO2/c1-26-15-8-11-6-7-24(14(11)9-13(15)18(21,22)23)17(25)16(19)10-2-4-12(20)5-3-10/h2-9,16H,1H3. The van der Waals surface area contributed by atoms with Crippen LogP contribution in [0.25, 0.3) is 10.9 Å². The Morgan fingerprint density at radius 2 is 1.85 bits per heavy atom. The van der Waals surface area contributed by atoms with E-state index < -0.39 is 22.5 Å². The summed E-state index contributed by atoms with van der Waals surface area (Å²) in [5.74, 6) is -0.705. The summed E-state index contributed by atoms with van der Waals surface area (Å²) in [6.07, 6.45) is -3.15. The van der Waals surface area contributed by atoms with E-state index in [9.17, 15) is 18.0 Å². The van der Waals surface area contributed by atoms with Crippen molar-refractivity contribution >= 4 is 44.3 Å². The molecule has 0 fully saturated rings. The molecule has 2 aromatic carbocycles. The Morgan fingerprint density at radius 1 is 1.19 bits per heavy atom. The van der Waals surface area contributed by atoms with Gasteiger partial charge in [0.05, 0.1) is 18.2 Å². The molecule has 3 rings (SSSR count). The van der Waals surface area contributed by atoms with Crippen LogP contribution in [0.2, 0.25) is 5.02 Å². The molecule has 0 radical (unpaired) electrons. The molecule has 0 amide bonds. The van der Waals surface area contributed by atoms with Gasteiger partial charge >= 0.3 is 6.18 Å². The number of ether oxygens (including phenoxy) is 1. The fraction of sp³-hybridized carbons (Fsp3) is 0.167. The molecule has 3 nitrogen and oxygen atoms in total. The van der Waals surface area contributed by atoms with Crippen molar-refractivity contribution in [1.82, 2.24) is 4.57 Å². The lowest BCUT2D eigenvalue weighted by Crippen LogP contribution is -2.15. The number of hydrogen-bond donors (Lipinski definition) is 0. The highest BCUT2D eigenvalue weighted by atomic mass is 79.9. The van der Waals surface area contributed by atoms with Gasteiger partial charge in [-0.3, -0.25) is 9.36 Å². The van der Waals surface area contributed by atoms with Crippen molar-refractivity contribution in [3.05, 3.63) is 64.8 Å². The quantitative estimate of drug-likeness (QED) is 0.455. The molecule has 3 aromatic rings. The summed E-state index contributed by atoms with van der Waals surface area (Å²) in [6.45, 7) is 0. The number of methoxy groups -OCH3 is 1. The SMILES string of the molecule is COc1cc2ccn(C(=O)C(Br)c3ccc(Cl)cc3)c2cc1C(F)(F)F. The lowest BCUT2D eigenvalue weighted by atomic mass is 10.1. The van der Waals surface area contributed by atoms with E-state index in [1.165, 1.54) is 23.9 Å². The molecule has 0 bridgehead atoms. The molecular formula is C18H12BrClF3NO2. The van der Waals surface area contributed by atoms with E-state index in [-0.39, 0.29) is 11.3 Å². The smallest absolute Gasteiger partial charge is 0.420 e. The molecule has 136 valence electrons. The number of rotatable bonds is 3. The summed E-state index contributed by atoms with van der Waals surface area (Å²) in [5, 5.41) is 0.994. The van der Waals surface area contributed by atoms with Crippen LogP contribution in [0.4, 0.5) is 13.2 Å². The molecule has 1 aromatic heterocycles. The zero-order valence-electron chi connectivity index (χ0n) is 13.3. The lowest BCUT2D eigenvalue weighted by molar-refractivity contribution is -0.138. The Hall–Kier alpha value is -1.99. The second kappa shape index (κ2) is 6.96. The van der Waals surface area contributed by atoms with Gasteiger partial charge in [-0.2, -0.15) is 13.2 Å². The minimum atomic E-state index is -4.60. The first-order chi connectivity index (χ1) is 12.2. The summed E-state index contributed by atoms with van der Waals surface area (Å²) in [7, 11) is 1.17. The fourth-order valence-corrected chi connectivity index (χ4v) is 3.29. The van der Waals surface area contributed by atoms with E-state index in [1.54, 1.807) is 30.3 Å². The van der Waals surface area contributed by atoms with Crippen LogP contribution in [0.15, 0.2) is 48.7 Å². The number of alkyl halides is 4. The van der Waals surface area contributed by atoms with Gasteiger partial charge in [0.15, 0.2) is 0 Å². The normalized spacial score (nSPS) is 13.0. The zero-order chi connectivity index (χ0) is 19.1. The number of aromatic nitrogens is 1. The van der Waals surface area contributed by atoms with Crippen molar-refractivity contribution < 1.29 is 22.7 Å². The number of benzene rings is 2. The molecule has 0 aliphatic carbocycles. The molecule has 26 heavy (non-hydrogen) atoms. The number of halogens is 5. The Labute approximate surface area is 160 Å². The van der Waals surface area contributed by atoms with Crippen molar-refractivity contribution in [2.45, 2.75) is 11.0 Å². The average molecular weight is 447 g/mol. The van der Waals surface area contributed by atoms with E-state index in [4.69, 9.17) is 16.3 Å². The Bertz CT molecular complexity index is 967. The van der Waals surface area contributed by atoms with Crippen LogP contribution >= 0.6 is 27.5 Å². The van der Waals surface area contributed by atoms with Gasteiger partial charge < -0.3 is 4.74 Å². The van der Waals surface area contributed by atoms with Crippen LogP contribution in [-0.2, 0) is 6.18 Å². The monoisotopic (exact) mass is 445 g/mol. The van der Waals surface area contributed by atoms with E-state index in [1.807, 2.05) is 0 Å². The second-order valence-electron chi connectivity index (χ2n) is 5.55. The molecule has 0 aliphatic rings. The molecular weight excluding hydrogens is 435 g/mol. The van der Waals surface area contributed by atoms with E-state index in [0.717, 1.165) is 6.07 Å². The first-order valence-corrected chi connectivity index (χ1v) is 8.72. The summed E-state index contributed by atoms with van der Waals surface area (Å²) < 4.78 is 45.8. The predicted molar refractivity (Wildman–Crippen MR) is 97.2 cm³/mol. The Morgan fingerprint density at radius 3 is 2.42 bits per heavy atom. The number of carbonyl (C=O) groups is 1. The van der Waals surface area contributed by atoms with E-state index in [2.05, 4.69) is 15.9 Å². The van der Waals surface area contributed by atoms with Crippen molar-refractivity contribution in [2.24, 2.45) is 0 Å². The van der Waals surface area contributed by atoms with Crippen molar-refractivity contribution in [1.29, 1.82) is 0 Å². The molecule has 0 saturated carbocycles. The maximum atomic E-state index is 13.3. The Balaban J connectivity index is 2.07. The van der Waals surface area contributed by atoms with Crippen molar-refractivity contribution in [2.75, 3.05) is 7.11 Å². The summed E-state index contributed by atoms with van der Waals surface area (Å²) in [4.78, 5) is 12.1. The van der Waals surface area contributed by atoms with Gasteiger partial charge in [-0.15, -0.1) is 0 Å². The number of nitrogens with zero attached hydrogens (tertiary/aromatic N) is 1. The number of hydrogen-bond acceptors (Lipinski definition) is 2. The number of carbonyl (C=O) groups excluding carboxylic acids is 1. The van der Waals surface area contributed by atoms with Gasteiger partial charge in [-0.1, -0.05) is 39.7 Å². The van der Waals surface area contributed by atoms with Gasteiger partial charge in [0.2, 0.25) is 5.91 Å². The minimum Gasteiger partial charge on any atom is -0.496 e. The van der Waals surface area contributed by atoms with Crippen LogP contribution in [-0.4, -0.2) is 17.6 Å². The summed E-state index contributed by atoms with van der Waals surface area (Å²) >= 11 is 9.15. The second-order valence-corrected chi connectivity index (χ2v) is 6.90. The van der Waals surface area contributed by atoms with Crippen LogP contribution < -0.4 is 4.74 Å². The van der Waals surface area contributed by atoms with Gasteiger partial charge in [0.25, 0.3) is 0 Å². The van der Waals surface area contributed by atoms with Gasteiger partial charge in [-0.05, 0) is 35.9 Å². The number of fused-ring (bicyclic) bond motifs is 1. The predicted octanol–water partition coefficient (Wildman–Crippen LogP) is 6.10. The van der Waals surface area contributed by atoms with Crippen molar-refractivity contribution in [3.63, 3.8) is 0 Å².